The number of carbonyl (C=O) groups excluding carboxylic acids is 5. The first-order chi connectivity index (χ1) is 28.5. The predicted molar refractivity (Wildman–Crippen MR) is 235 cm³/mol. The molecule has 2 saturated heterocycles. The van der Waals surface area contributed by atoms with E-state index < -0.39 is 77.4 Å². The topological polar surface area (TPSA) is 195 Å². The average molecular weight is 914 g/mol. The van der Waals surface area contributed by atoms with Crippen LogP contribution in [0.2, 0.25) is 5.02 Å². The zero-order chi connectivity index (χ0) is 45.4. The Morgan fingerprint density at radius 1 is 1.18 bits per heavy atom. The number of amides is 4. The quantitative estimate of drug-likeness (QED) is 0.0748. The molecule has 0 spiro atoms. The first kappa shape index (κ1) is 50.0. The number of epoxide rings is 1. The fourth-order valence-corrected chi connectivity index (χ4v) is 9.35. The third-order valence-electron chi connectivity index (χ3n) is 10.9. The summed E-state index contributed by atoms with van der Waals surface area (Å²) in [4.78, 5) is 68.8. The number of allylic oxidation sites excluding steroid dienone is 3. The van der Waals surface area contributed by atoms with Crippen molar-refractivity contribution in [2.75, 3.05) is 51.3 Å². The Bertz CT molecular complexity index is 1840. The van der Waals surface area contributed by atoms with Crippen LogP contribution in [0.1, 0.15) is 73.3 Å². The highest BCUT2D eigenvalue weighted by molar-refractivity contribution is 8.76. The highest BCUT2D eigenvalue weighted by atomic mass is 35.5. The molecule has 4 bridgehead atoms. The SMILES string of the molecule is COc1cc2cc(c1Cl)N(C)C(=O)C[C@H](OC(=O)[C@H](C)N(C)C(=O)CCSSCCNC(=O)OC(C)(C)C)C1(C)O[C@H]1[C@H](C)[C@@H]1C[C@@](O)(NC(=O)O1)[C@H](OC)/C=C/C=C(\C)C2. The van der Waals surface area contributed by atoms with Crippen LogP contribution in [0.3, 0.4) is 0 Å². The number of nitrogens with one attached hydrogen (secondary N) is 2. The number of likely N-dealkylation sites (N-methyl/N-ethyl adjacent to an activating group) is 1. The van der Waals surface area contributed by atoms with E-state index in [1.54, 1.807) is 72.9 Å². The Kier molecular flexibility index (Phi) is 17.3. The molecule has 1 aromatic rings. The molecule has 0 saturated carbocycles. The van der Waals surface area contributed by atoms with E-state index in [1.807, 2.05) is 13.0 Å². The molecule has 4 amide bonds. The zero-order valence-electron chi connectivity index (χ0n) is 36.8. The fraction of sp³-hybridized carbons (Fsp3) is 0.643. The molecule has 3 N–H and O–H groups in total. The number of rotatable bonds is 12. The number of alkyl carbamates (subject to hydrolysis) is 2. The lowest BCUT2D eigenvalue weighted by atomic mass is 9.83. The number of ether oxygens (including phenoxy) is 6. The van der Waals surface area contributed by atoms with Gasteiger partial charge in [0.15, 0.2) is 5.72 Å². The van der Waals surface area contributed by atoms with Crippen LogP contribution < -0.4 is 20.3 Å². The van der Waals surface area contributed by atoms with Crippen molar-refractivity contribution < 1.29 is 57.5 Å². The molecular formula is C42H61ClN4O12S2. The van der Waals surface area contributed by atoms with Crippen LogP contribution in [-0.4, -0.2) is 134 Å². The van der Waals surface area contributed by atoms with Gasteiger partial charge in [0, 0.05) is 58.0 Å². The second-order valence-corrected chi connectivity index (χ2v) is 19.8. The van der Waals surface area contributed by atoms with Crippen LogP contribution in [0.4, 0.5) is 15.3 Å². The number of hydrogen-bond acceptors (Lipinski definition) is 14. The molecule has 1 aromatic carbocycles. The van der Waals surface area contributed by atoms with Gasteiger partial charge in [0.1, 0.15) is 46.3 Å². The third kappa shape index (κ3) is 13.2. The lowest BCUT2D eigenvalue weighted by molar-refractivity contribution is -0.162. The van der Waals surface area contributed by atoms with E-state index in [0.29, 0.717) is 35.9 Å². The van der Waals surface area contributed by atoms with Gasteiger partial charge in [-0.1, -0.05) is 63.9 Å². The van der Waals surface area contributed by atoms with Gasteiger partial charge in [-0.05, 0) is 65.7 Å². The molecule has 1 unspecified atom stereocenters. The van der Waals surface area contributed by atoms with Gasteiger partial charge >= 0.3 is 18.2 Å². The molecule has 340 valence electrons. The van der Waals surface area contributed by atoms with Gasteiger partial charge in [-0.15, -0.1) is 0 Å². The van der Waals surface area contributed by atoms with Gasteiger partial charge < -0.3 is 48.6 Å². The van der Waals surface area contributed by atoms with Gasteiger partial charge in [0.25, 0.3) is 0 Å². The molecule has 3 heterocycles. The molecule has 0 aromatic heterocycles. The van der Waals surface area contributed by atoms with Crippen LogP contribution in [0.15, 0.2) is 35.9 Å². The summed E-state index contributed by atoms with van der Waals surface area (Å²) in [6.45, 7) is 12.7. The van der Waals surface area contributed by atoms with E-state index in [-0.39, 0.29) is 30.2 Å². The Morgan fingerprint density at radius 2 is 1.87 bits per heavy atom. The van der Waals surface area contributed by atoms with E-state index >= 15 is 0 Å². The average Bonchev–Trinajstić information content (AvgIpc) is 3.88. The lowest BCUT2D eigenvalue weighted by Gasteiger charge is -2.42. The molecule has 19 heteroatoms. The molecule has 4 rings (SSSR count). The minimum Gasteiger partial charge on any atom is -0.495 e. The van der Waals surface area contributed by atoms with Crippen LogP contribution in [0.5, 0.6) is 5.75 Å². The van der Waals surface area contributed by atoms with Gasteiger partial charge in [-0.3, -0.25) is 14.9 Å². The number of methoxy groups -OCH3 is 2. The number of halogens is 1. The van der Waals surface area contributed by atoms with Crippen molar-refractivity contribution >= 4 is 68.8 Å². The van der Waals surface area contributed by atoms with E-state index in [2.05, 4.69) is 10.6 Å². The summed E-state index contributed by atoms with van der Waals surface area (Å²) in [6.07, 6.45) is 0.389. The summed E-state index contributed by atoms with van der Waals surface area (Å²) in [6, 6.07) is 2.54. The maximum absolute atomic E-state index is 14.2. The third-order valence-corrected chi connectivity index (χ3v) is 13.6. The molecule has 2 fully saturated rings. The van der Waals surface area contributed by atoms with Crippen LogP contribution in [0, 0.1) is 5.92 Å². The first-order valence-corrected chi connectivity index (χ1v) is 23.0. The van der Waals surface area contributed by atoms with Gasteiger partial charge in [-0.2, -0.15) is 0 Å². The zero-order valence-corrected chi connectivity index (χ0v) is 39.2. The second-order valence-electron chi connectivity index (χ2n) is 16.7. The number of nitrogens with zero attached hydrogens (tertiary/aromatic N) is 2. The van der Waals surface area contributed by atoms with E-state index in [0.717, 1.165) is 11.1 Å². The Balaban J connectivity index is 1.55. The van der Waals surface area contributed by atoms with Crippen molar-refractivity contribution in [1.82, 2.24) is 15.5 Å². The summed E-state index contributed by atoms with van der Waals surface area (Å²) >= 11 is 6.79. The minimum atomic E-state index is -1.85. The van der Waals surface area contributed by atoms with Crippen LogP contribution >= 0.6 is 33.2 Å². The summed E-state index contributed by atoms with van der Waals surface area (Å²) in [7, 11) is 8.94. The fourth-order valence-electron chi connectivity index (χ4n) is 7.15. The molecular weight excluding hydrogens is 852 g/mol. The van der Waals surface area contributed by atoms with Crippen molar-refractivity contribution in [3.05, 3.63) is 46.5 Å². The normalized spacial score (nSPS) is 28.8. The van der Waals surface area contributed by atoms with Crippen molar-refractivity contribution in [1.29, 1.82) is 0 Å². The van der Waals surface area contributed by atoms with Gasteiger partial charge in [0.05, 0.1) is 25.3 Å². The van der Waals surface area contributed by atoms with E-state index in [4.69, 9.17) is 40.0 Å². The monoisotopic (exact) mass is 912 g/mol. The molecule has 0 aliphatic carbocycles. The standard InChI is InChI=1S/C42H61ClN4O12S2/c1-24-13-12-14-31(55-11)42(53)23-30(56-39(52)45-42)25(2)36-41(7,58-36)32(22-34(49)47(9)28-20-27(19-24)21-29(54-10)35(28)43)57-37(50)26(3)46(8)33(48)15-17-60-61-18-16-44-38(51)59-40(4,5)6/h12-14,20-21,25-26,30-32,36,53H,15-19,22-23H2,1-11H3,(H,44,51)(H,45,52)/b14-12+,24-13+/t25-,26+,30+,31-,32+,36+,41?,42+/m1/s1. The predicted octanol–water partition coefficient (Wildman–Crippen LogP) is 5.81. The number of anilines is 1. The maximum Gasteiger partial charge on any atom is 0.409 e. The minimum absolute atomic E-state index is 0.0681. The van der Waals surface area contributed by atoms with Crippen molar-refractivity contribution in [3.8, 4) is 5.75 Å². The Hall–Kier alpha value is -3.68. The van der Waals surface area contributed by atoms with Crippen LogP contribution in [0.25, 0.3) is 0 Å². The van der Waals surface area contributed by atoms with Crippen LogP contribution in [-0.2, 0) is 44.5 Å². The largest absolute Gasteiger partial charge is 0.495 e. The molecule has 3 aliphatic heterocycles. The molecule has 0 radical (unpaired) electrons. The van der Waals surface area contributed by atoms with Crippen molar-refractivity contribution in [2.45, 2.75) is 122 Å². The number of fused-ring (bicyclic) bond motifs is 5. The van der Waals surface area contributed by atoms with E-state index in [1.165, 1.54) is 52.7 Å². The number of hydrogen-bond donors (Lipinski definition) is 3. The highest BCUT2D eigenvalue weighted by Crippen LogP contribution is 2.49. The highest BCUT2D eigenvalue weighted by Gasteiger charge is 2.64. The Morgan fingerprint density at radius 3 is 2.52 bits per heavy atom. The smallest absolute Gasteiger partial charge is 0.409 e. The molecule has 3 aliphatic rings. The lowest BCUT2D eigenvalue weighted by Crippen LogP contribution is -2.63. The van der Waals surface area contributed by atoms with Gasteiger partial charge in [0.2, 0.25) is 11.8 Å². The molecule has 61 heavy (non-hydrogen) atoms. The summed E-state index contributed by atoms with van der Waals surface area (Å²) in [5, 5.41) is 17.2. The number of aliphatic hydroxyl groups is 1. The summed E-state index contributed by atoms with van der Waals surface area (Å²) in [5.41, 5.74) is -1.60. The molecule has 8 atom stereocenters. The first-order valence-electron chi connectivity index (χ1n) is 20.1. The number of carbonyl (C=O) groups is 5. The second kappa shape index (κ2) is 21.1. The summed E-state index contributed by atoms with van der Waals surface area (Å²) in [5.74, 6) is -0.638. The molecule has 16 nitrogen and oxygen atoms in total. The maximum atomic E-state index is 14.2. The van der Waals surface area contributed by atoms with Gasteiger partial charge in [-0.25, -0.2) is 14.4 Å². The van der Waals surface area contributed by atoms with Crippen molar-refractivity contribution in [2.24, 2.45) is 5.92 Å². The number of benzene rings is 1. The number of esters is 1. The Labute approximate surface area is 371 Å². The summed E-state index contributed by atoms with van der Waals surface area (Å²) < 4.78 is 34.6. The van der Waals surface area contributed by atoms with Crippen molar-refractivity contribution in [3.63, 3.8) is 0 Å². The van der Waals surface area contributed by atoms with E-state index in [9.17, 15) is 29.1 Å².